The normalized spacial score (nSPS) is 39.7. The molecule has 2 rings (SSSR count). The van der Waals surface area contributed by atoms with Crippen molar-refractivity contribution >= 4 is 16.9 Å². The summed E-state index contributed by atoms with van der Waals surface area (Å²) in [6, 6.07) is -0.403. The molecule has 5 atom stereocenters. The molecule has 2 aliphatic rings. The van der Waals surface area contributed by atoms with Crippen LogP contribution in [0.1, 0.15) is 6.42 Å². The van der Waals surface area contributed by atoms with E-state index in [4.69, 9.17) is 10.6 Å². The zero-order chi connectivity index (χ0) is 13.3. The summed E-state index contributed by atoms with van der Waals surface area (Å²) in [5.74, 6) is 5.54. The van der Waals surface area contributed by atoms with Crippen LogP contribution in [0.2, 0.25) is 0 Å². The first kappa shape index (κ1) is 14.0. The van der Waals surface area contributed by atoms with Crippen LogP contribution in [0, 0.1) is 0 Å². The summed E-state index contributed by atoms with van der Waals surface area (Å²) in [5, 5.41) is 25.3. The van der Waals surface area contributed by atoms with Crippen molar-refractivity contribution in [2.45, 2.75) is 36.2 Å². The molecule has 0 aromatic heterocycles. The van der Waals surface area contributed by atoms with E-state index in [2.05, 4.69) is 10.3 Å². The van der Waals surface area contributed by atoms with Crippen LogP contribution in [0.5, 0.6) is 0 Å². The second-order valence-corrected chi connectivity index (χ2v) is 5.67. The van der Waals surface area contributed by atoms with Gasteiger partial charge in [-0.05, 0) is 6.42 Å². The van der Waals surface area contributed by atoms with E-state index in [0.29, 0.717) is 13.0 Å². The van der Waals surface area contributed by atoms with Crippen LogP contribution in [-0.4, -0.2) is 70.8 Å². The monoisotopic (exact) mass is 276 g/mol. The summed E-state index contributed by atoms with van der Waals surface area (Å²) in [5.41, 5.74) is -0.237. The van der Waals surface area contributed by atoms with Crippen LogP contribution in [0.4, 0.5) is 0 Å². The fourth-order valence-electron chi connectivity index (χ4n) is 2.12. The van der Waals surface area contributed by atoms with Gasteiger partial charge in [0, 0.05) is 20.6 Å². The number of aliphatic imine (C=N–C) groups is 1. The molecule has 5 N–H and O–H groups in total. The Kier molecular flexibility index (Phi) is 4.46. The molecule has 0 aromatic rings. The van der Waals surface area contributed by atoms with Crippen molar-refractivity contribution in [3.8, 4) is 0 Å². The van der Waals surface area contributed by atoms with E-state index in [1.54, 1.807) is 14.1 Å². The van der Waals surface area contributed by atoms with E-state index in [9.17, 15) is 10.2 Å². The van der Waals surface area contributed by atoms with E-state index in [1.807, 2.05) is 0 Å². The average Bonchev–Trinajstić information content (AvgIpc) is 2.75. The van der Waals surface area contributed by atoms with Gasteiger partial charge in [-0.2, -0.15) is 0 Å². The molecule has 1 fully saturated rings. The summed E-state index contributed by atoms with van der Waals surface area (Å²) < 4.78 is 5.79. The van der Waals surface area contributed by atoms with Crippen LogP contribution >= 0.6 is 11.8 Å². The van der Waals surface area contributed by atoms with Gasteiger partial charge >= 0.3 is 0 Å². The van der Waals surface area contributed by atoms with Crippen molar-refractivity contribution in [1.29, 1.82) is 0 Å². The number of amidine groups is 1. The van der Waals surface area contributed by atoms with Gasteiger partial charge in [-0.3, -0.25) is 15.8 Å². The van der Waals surface area contributed by atoms with Crippen molar-refractivity contribution in [2.75, 3.05) is 20.6 Å². The molecule has 7 nitrogen and oxygen atoms in total. The highest BCUT2D eigenvalue weighted by atomic mass is 32.2. The maximum absolute atomic E-state index is 10.1. The van der Waals surface area contributed by atoms with Crippen molar-refractivity contribution < 1.29 is 14.9 Å². The van der Waals surface area contributed by atoms with Gasteiger partial charge in [0.15, 0.2) is 5.17 Å². The molecule has 104 valence electrons. The largest absolute Gasteiger partial charge is 0.388 e. The Morgan fingerprint density at radius 1 is 1.50 bits per heavy atom. The third-order valence-corrected chi connectivity index (χ3v) is 4.30. The van der Waals surface area contributed by atoms with E-state index in [-0.39, 0.29) is 5.44 Å². The van der Waals surface area contributed by atoms with Gasteiger partial charge < -0.3 is 20.3 Å². The smallest absolute Gasteiger partial charge is 0.159 e. The second-order valence-electron chi connectivity index (χ2n) is 4.59. The van der Waals surface area contributed by atoms with Gasteiger partial charge in [0.05, 0.1) is 6.10 Å². The first-order chi connectivity index (χ1) is 8.52. The lowest BCUT2D eigenvalue weighted by molar-refractivity contribution is -0.155. The van der Waals surface area contributed by atoms with Gasteiger partial charge in [-0.25, -0.2) is 0 Å². The number of fused-ring (bicyclic) bond motifs is 1. The fraction of sp³-hybridized carbons (Fsp3) is 0.900. The lowest BCUT2D eigenvalue weighted by Crippen LogP contribution is -2.55. The molecule has 2 aliphatic heterocycles. The van der Waals surface area contributed by atoms with Crippen LogP contribution in [0.3, 0.4) is 0 Å². The third kappa shape index (κ3) is 2.79. The Bertz CT molecular complexity index is 328. The second kappa shape index (κ2) is 5.72. The first-order valence-electron chi connectivity index (χ1n) is 5.92. The number of hydrazine groups is 1. The number of nitrogens with two attached hydrogens (primary N) is 1. The Morgan fingerprint density at radius 3 is 2.83 bits per heavy atom. The first-order valence-corrected chi connectivity index (χ1v) is 6.80. The third-order valence-electron chi connectivity index (χ3n) is 3.14. The highest BCUT2D eigenvalue weighted by Gasteiger charge is 2.47. The number of thioether (sulfide) groups is 1. The van der Waals surface area contributed by atoms with Gasteiger partial charge in [0.25, 0.3) is 0 Å². The molecule has 0 unspecified atom stereocenters. The van der Waals surface area contributed by atoms with Crippen molar-refractivity contribution in [3.63, 3.8) is 0 Å². The fourth-order valence-corrected chi connectivity index (χ4v) is 3.20. The summed E-state index contributed by atoms with van der Waals surface area (Å²) in [7, 11) is 3.52. The average molecular weight is 276 g/mol. The van der Waals surface area contributed by atoms with Crippen LogP contribution in [0.25, 0.3) is 0 Å². The lowest BCUT2D eigenvalue weighted by Gasteiger charge is -2.38. The summed E-state index contributed by atoms with van der Waals surface area (Å²) >= 11 is 1.44. The zero-order valence-corrected chi connectivity index (χ0v) is 11.3. The Morgan fingerprint density at radius 2 is 2.22 bits per heavy atom. The van der Waals surface area contributed by atoms with Crippen LogP contribution < -0.4 is 11.2 Å². The maximum Gasteiger partial charge on any atom is 0.159 e. The number of nitrogens with zero attached hydrogens (tertiary/aromatic N) is 2. The molecular formula is C10H20N4O3S. The topological polar surface area (TPSA) is 103 Å². The van der Waals surface area contributed by atoms with Crippen LogP contribution in [0.15, 0.2) is 4.99 Å². The molecular weight excluding hydrogens is 256 g/mol. The molecule has 2 heterocycles. The molecule has 1 saturated heterocycles. The predicted octanol–water partition coefficient (Wildman–Crippen LogP) is -1.68. The molecule has 8 heteroatoms. The highest BCUT2D eigenvalue weighted by Crippen LogP contribution is 2.36. The minimum Gasteiger partial charge on any atom is -0.388 e. The molecule has 0 amide bonds. The van der Waals surface area contributed by atoms with E-state index in [1.165, 1.54) is 16.8 Å². The van der Waals surface area contributed by atoms with Crippen LogP contribution in [-0.2, 0) is 4.74 Å². The summed E-state index contributed by atoms with van der Waals surface area (Å²) in [6.07, 6.45) is -1.66. The number of aliphatic hydroxyl groups excluding tert-OH is 2. The van der Waals surface area contributed by atoms with Crippen molar-refractivity contribution in [1.82, 2.24) is 10.3 Å². The SMILES string of the molecule is CNC1=N[C@@H]2[C@@H](O)[C@H](O)[C@@H](CCN(C)N)O[C@@H]2S1. The minimum atomic E-state index is -0.924. The number of hydrogen-bond acceptors (Lipinski definition) is 8. The molecule has 0 aromatic carbocycles. The minimum absolute atomic E-state index is 0.237. The number of hydrogen-bond donors (Lipinski definition) is 4. The quantitative estimate of drug-likeness (QED) is 0.360. The number of aliphatic hydroxyl groups is 2. The summed E-state index contributed by atoms with van der Waals surface area (Å²) in [6.45, 7) is 0.593. The van der Waals surface area contributed by atoms with Crippen molar-refractivity contribution in [3.05, 3.63) is 0 Å². The molecule has 0 radical (unpaired) electrons. The number of nitrogens with one attached hydrogen (secondary N) is 1. The van der Waals surface area contributed by atoms with Gasteiger partial charge in [0.1, 0.15) is 23.7 Å². The molecule has 18 heavy (non-hydrogen) atoms. The Hall–Kier alpha value is -0.380. The number of ether oxygens (including phenoxy) is 1. The Labute approximate surface area is 110 Å². The number of rotatable bonds is 3. The van der Waals surface area contributed by atoms with E-state index in [0.717, 1.165) is 5.17 Å². The molecule has 0 spiro atoms. The standard InChI is InChI=1S/C10H20N4O3S/c1-12-10-13-6-8(16)7(15)5(3-4-14(2)11)17-9(6)18-10/h5-9,15-16H,3-4,11H2,1-2H3,(H,12,13)/t5-,6-,7-,8-,9-/m1/s1. The lowest BCUT2D eigenvalue weighted by atomic mass is 9.96. The van der Waals surface area contributed by atoms with Gasteiger partial charge in [-0.1, -0.05) is 11.8 Å². The Balaban J connectivity index is 1.99. The highest BCUT2D eigenvalue weighted by molar-refractivity contribution is 8.14. The van der Waals surface area contributed by atoms with Gasteiger partial charge in [-0.15, -0.1) is 0 Å². The van der Waals surface area contributed by atoms with Crippen molar-refractivity contribution in [2.24, 2.45) is 10.8 Å². The maximum atomic E-state index is 10.1. The molecule has 0 aliphatic carbocycles. The zero-order valence-electron chi connectivity index (χ0n) is 10.5. The summed E-state index contributed by atoms with van der Waals surface area (Å²) in [4.78, 5) is 4.29. The molecule has 0 saturated carbocycles. The molecule has 0 bridgehead atoms. The van der Waals surface area contributed by atoms with E-state index < -0.39 is 24.4 Å². The van der Waals surface area contributed by atoms with E-state index >= 15 is 0 Å². The predicted molar refractivity (Wildman–Crippen MR) is 70.0 cm³/mol. The van der Waals surface area contributed by atoms with Gasteiger partial charge in [0.2, 0.25) is 0 Å².